The molecule has 0 aliphatic carbocycles. The van der Waals surface area contributed by atoms with Crippen LogP contribution in [0, 0.1) is 5.82 Å². The van der Waals surface area contributed by atoms with Crippen molar-refractivity contribution in [2.24, 2.45) is 0 Å². The van der Waals surface area contributed by atoms with Crippen molar-refractivity contribution in [2.45, 2.75) is 19.5 Å². The van der Waals surface area contributed by atoms with E-state index in [-0.39, 0.29) is 11.9 Å². The van der Waals surface area contributed by atoms with E-state index >= 15 is 0 Å². The predicted molar refractivity (Wildman–Crippen MR) is 63.7 cm³/mol. The van der Waals surface area contributed by atoms with E-state index < -0.39 is 0 Å². The summed E-state index contributed by atoms with van der Waals surface area (Å²) in [6, 6.07) is 6.71. The molecule has 0 aliphatic rings. The van der Waals surface area contributed by atoms with Crippen LogP contribution in [0.5, 0.6) is 0 Å². The molecule has 2 aromatic rings. The number of nitrogens with zero attached hydrogens (tertiary/aromatic N) is 2. The molecule has 1 aromatic carbocycles. The SMILES string of the molecule is C[C@@H](NCc1cnccn1)c1ccccc1F. The van der Waals surface area contributed by atoms with Gasteiger partial charge in [-0.05, 0) is 13.0 Å². The fourth-order valence-corrected chi connectivity index (χ4v) is 1.62. The Hall–Kier alpha value is -1.81. The van der Waals surface area contributed by atoms with Crippen molar-refractivity contribution in [1.82, 2.24) is 15.3 Å². The summed E-state index contributed by atoms with van der Waals surface area (Å²) in [4.78, 5) is 8.12. The Morgan fingerprint density at radius 1 is 1.29 bits per heavy atom. The van der Waals surface area contributed by atoms with Gasteiger partial charge in [0, 0.05) is 36.7 Å². The van der Waals surface area contributed by atoms with Crippen LogP contribution >= 0.6 is 0 Å². The number of rotatable bonds is 4. The van der Waals surface area contributed by atoms with Gasteiger partial charge in [0.1, 0.15) is 5.82 Å². The third-order valence-corrected chi connectivity index (χ3v) is 2.58. The van der Waals surface area contributed by atoms with Crippen molar-refractivity contribution in [1.29, 1.82) is 0 Å². The van der Waals surface area contributed by atoms with E-state index in [1.54, 1.807) is 30.7 Å². The zero-order valence-electron chi connectivity index (χ0n) is 9.60. The van der Waals surface area contributed by atoms with E-state index in [0.29, 0.717) is 12.1 Å². The second-order valence-electron chi connectivity index (χ2n) is 3.82. The van der Waals surface area contributed by atoms with E-state index in [1.165, 1.54) is 6.07 Å². The first-order chi connectivity index (χ1) is 8.27. The average molecular weight is 231 g/mol. The zero-order chi connectivity index (χ0) is 12.1. The van der Waals surface area contributed by atoms with E-state index in [4.69, 9.17) is 0 Å². The highest BCUT2D eigenvalue weighted by Gasteiger charge is 2.09. The highest BCUT2D eigenvalue weighted by atomic mass is 19.1. The van der Waals surface area contributed by atoms with Crippen LogP contribution in [0.2, 0.25) is 0 Å². The molecule has 0 saturated heterocycles. The maximum absolute atomic E-state index is 13.5. The largest absolute Gasteiger partial charge is 0.304 e. The normalized spacial score (nSPS) is 12.4. The summed E-state index contributed by atoms with van der Waals surface area (Å²) in [5.41, 5.74) is 1.51. The monoisotopic (exact) mass is 231 g/mol. The Kier molecular flexibility index (Phi) is 3.77. The lowest BCUT2D eigenvalue weighted by molar-refractivity contribution is 0.524. The van der Waals surface area contributed by atoms with Crippen LogP contribution in [0.3, 0.4) is 0 Å². The van der Waals surface area contributed by atoms with Gasteiger partial charge in [0.25, 0.3) is 0 Å². The minimum Gasteiger partial charge on any atom is -0.304 e. The van der Waals surface area contributed by atoms with E-state index in [1.807, 2.05) is 13.0 Å². The highest BCUT2D eigenvalue weighted by molar-refractivity contribution is 5.20. The number of hydrogen-bond acceptors (Lipinski definition) is 3. The summed E-state index contributed by atoms with van der Waals surface area (Å²) in [7, 11) is 0. The van der Waals surface area contributed by atoms with Gasteiger partial charge in [-0.25, -0.2) is 4.39 Å². The summed E-state index contributed by atoms with van der Waals surface area (Å²) < 4.78 is 13.5. The van der Waals surface area contributed by atoms with E-state index in [2.05, 4.69) is 15.3 Å². The summed E-state index contributed by atoms with van der Waals surface area (Å²) in [5.74, 6) is -0.188. The lowest BCUT2D eigenvalue weighted by atomic mass is 10.1. The molecule has 1 aromatic heterocycles. The van der Waals surface area contributed by atoms with Gasteiger partial charge in [-0.15, -0.1) is 0 Å². The molecule has 17 heavy (non-hydrogen) atoms. The number of aromatic nitrogens is 2. The molecule has 1 heterocycles. The number of hydrogen-bond donors (Lipinski definition) is 1. The topological polar surface area (TPSA) is 37.8 Å². The smallest absolute Gasteiger partial charge is 0.127 e. The Morgan fingerprint density at radius 2 is 2.12 bits per heavy atom. The quantitative estimate of drug-likeness (QED) is 0.878. The molecule has 1 atom stereocenters. The lowest BCUT2D eigenvalue weighted by Crippen LogP contribution is -2.19. The summed E-state index contributed by atoms with van der Waals surface area (Å²) in [5, 5.41) is 3.21. The molecule has 0 radical (unpaired) electrons. The standard InChI is InChI=1S/C13H14FN3/c1-10(12-4-2-3-5-13(12)14)17-9-11-8-15-6-7-16-11/h2-8,10,17H,9H2,1H3/t10-/m1/s1. The van der Waals surface area contributed by atoms with Gasteiger partial charge in [-0.1, -0.05) is 18.2 Å². The maximum Gasteiger partial charge on any atom is 0.127 e. The number of nitrogens with one attached hydrogen (secondary N) is 1. The van der Waals surface area contributed by atoms with E-state index in [9.17, 15) is 4.39 Å². The molecule has 0 fully saturated rings. The van der Waals surface area contributed by atoms with Crippen LogP contribution in [-0.2, 0) is 6.54 Å². The van der Waals surface area contributed by atoms with Gasteiger partial charge in [-0.2, -0.15) is 0 Å². The molecule has 0 aliphatic heterocycles. The zero-order valence-corrected chi connectivity index (χ0v) is 9.60. The van der Waals surface area contributed by atoms with Crippen LogP contribution in [0.25, 0.3) is 0 Å². The molecule has 1 N–H and O–H groups in total. The first-order valence-corrected chi connectivity index (χ1v) is 5.50. The molecule has 3 nitrogen and oxygen atoms in total. The molecule has 4 heteroatoms. The number of halogens is 1. The molecule has 88 valence electrons. The maximum atomic E-state index is 13.5. The average Bonchev–Trinajstić information content (AvgIpc) is 2.38. The molecule has 0 bridgehead atoms. The molecular formula is C13H14FN3. The van der Waals surface area contributed by atoms with Gasteiger partial charge in [-0.3, -0.25) is 9.97 Å². The minimum absolute atomic E-state index is 0.0572. The number of benzene rings is 1. The van der Waals surface area contributed by atoms with Crippen molar-refractivity contribution in [3.8, 4) is 0 Å². The van der Waals surface area contributed by atoms with Crippen LogP contribution in [-0.4, -0.2) is 9.97 Å². The minimum atomic E-state index is -0.188. The second-order valence-corrected chi connectivity index (χ2v) is 3.82. The third kappa shape index (κ3) is 3.07. The van der Waals surface area contributed by atoms with Crippen molar-refractivity contribution in [2.75, 3.05) is 0 Å². The van der Waals surface area contributed by atoms with Crippen molar-refractivity contribution in [3.63, 3.8) is 0 Å². The van der Waals surface area contributed by atoms with Gasteiger partial charge in [0.2, 0.25) is 0 Å². The summed E-state index contributed by atoms with van der Waals surface area (Å²) in [6.07, 6.45) is 4.97. The molecule has 0 saturated carbocycles. The Bertz CT molecular complexity index is 473. The summed E-state index contributed by atoms with van der Waals surface area (Å²) in [6.45, 7) is 2.50. The first kappa shape index (κ1) is 11.7. The molecule has 0 spiro atoms. The van der Waals surface area contributed by atoms with Gasteiger partial charge >= 0.3 is 0 Å². The van der Waals surface area contributed by atoms with Crippen molar-refractivity contribution in [3.05, 3.63) is 59.9 Å². The van der Waals surface area contributed by atoms with Crippen molar-refractivity contribution < 1.29 is 4.39 Å². The highest BCUT2D eigenvalue weighted by Crippen LogP contribution is 2.16. The summed E-state index contributed by atoms with van der Waals surface area (Å²) >= 11 is 0. The fraction of sp³-hybridized carbons (Fsp3) is 0.231. The predicted octanol–water partition coefficient (Wildman–Crippen LogP) is 2.47. The van der Waals surface area contributed by atoms with Gasteiger partial charge in [0.05, 0.1) is 5.69 Å². The van der Waals surface area contributed by atoms with Gasteiger partial charge in [0.15, 0.2) is 0 Å². The Labute approximate surface area is 99.7 Å². The van der Waals surface area contributed by atoms with Gasteiger partial charge < -0.3 is 5.32 Å². The molecule has 0 amide bonds. The Morgan fingerprint density at radius 3 is 2.82 bits per heavy atom. The van der Waals surface area contributed by atoms with Crippen LogP contribution in [0.4, 0.5) is 4.39 Å². The first-order valence-electron chi connectivity index (χ1n) is 5.50. The Balaban J connectivity index is 1.99. The fourth-order valence-electron chi connectivity index (χ4n) is 1.62. The van der Waals surface area contributed by atoms with Crippen LogP contribution in [0.15, 0.2) is 42.9 Å². The molecule has 0 unspecified atom stereocenters. The molecule has 2 rings (SSSR count). The van der Waals surface area contributed by atoms with Crippen molar-refractivity contribution >= 4 is 0 Å². The van der Waals surface area contributed by atoms with Crippen LogP contribution in [0.1, 0.15) is 24.2 Å². The third-order valence-electron chi connectivity index (χ3n) is 2.58. The van der Waals surface area contributed by atoms with E-state index in [0.717, 1.165) is 5.69 Å². The molecular weight excluding hydrogens is 217 g/mol. The lowest BCUT2D eigenvalue weighted by Gasteiger charge is -2.14. The van der Waals surface area contributed by atoms with Crippen LogP contribution < -0.4 is 5.32 Å². The second kappa shape index (κ2) is 5.50.